The van der Waals surface area contributed by atoms with Crippen LogP contribution in [0.4, 0.5) is 5.69 Å². The summed E-state index contributed by atoms with van der Waals surface area (Å²) in [4.78, 5) is 11.6. The first kappa shape index (κ1) is 16.0. The Kier molecular flexibility index (Phi) is 5.17. The zero-order valence-corrected chi connectivity index (χ0v) is 13.2. The van der Waals surface area contributed by atoms with Gasteiger partial charge in [-0.3, -0.25) is 4.79 Å². The predicted octanol–water partition coefficient (Wildman–Crippen LogP) is 3.17. The summed E-state index contributed by atoms with van der Waals surface area (Å²) in [5, 5.41) is 2.80. The maximum atomic E-state index is 11.6. The molecule has 0 saturated heterocycles. The molecule has 0 aliphatic rings. The molecule has 1 atom stereocenters. The molecule has 1 amide bonds. The Bertz CT molecular complexity index is 666. The minimum atomic E-state index is -0.531. The molecule has 0 aliphatic heterocycles. The molecule has 0 heterocycles. The van der Waals surface area contributed by atoms with Crippen LogP contribution < -0.4 is 15.8 Å². The van der Waals surface area contributed by atoms with Crippen LogP contribution in [0.25, 0.3) is 0 Å². The van der Waals surface area contributed by atoms with Crippen molar-refractivity contribution in [1.82, 2.24) is 0 Å². The Balaban J connectivity index is 2.01. The van der Waals surface area contributed by atoms with Gasteiger partial charge in [0.1, 0.15) is 12.4 Å². The number of hydrogen-bond donors (Lipinski definition) is 2. The first-order valence-corrected chi connectivity index (χ1v) is 7.31. The minimum Gasteiger partial charge on any atom is -0.489 e. The van der Waals surface area contributed by atoms with Crippen molar-refractivity contribution in [2.45, 2.75) is 33.4 Å². The van der Waals surface area contributed by atoms with Crippen molar-refractivity contribution >= 4 is 11.6 Å². The number of benzene rings is 2. The summed E-state index contributed by atoms with van der Waals surface area (Å²) in [6.45, 7) is 6.16. The minimum absolute atomic E-state index is 0.198. The predicted molar refractivity (Wildman–Crippen MR) is 89.0 cm³/mol. The SMILES string of the molecule is Cc1cccc(COc2ccc(NC(=O)[C@@H](C)N)c(C)c2)c1. The number of carbonyl (C=O) groups excluding carboxylic acids is 1. The fraction of sp³-hybridized carbons (Fsp3) is 0.278. The van der Waals surface area contributed by atoms with Gasteiger partial charge in [-0.1, -0.05) is 29.8 Å². The van der Waals surface area contributed by atoms with Crippen LogP contribution in [0.15, 0.2) is 42.5 Å². The van der Waals surface area contributed by atoms with Crippen molar-refractivity contribution in [3.8, 4) is 5.75 Å². The smallest absolute Gasteiger partial charge is 0.241 e. The summed E-state index contributed by atoms with van der Waals surface area (Å²) >= 11 is 0. The maximum Gasteiger partial charge on any atom is 0.241 e. The summed E-state index contributed by atoms with van der Waals surface area (Å²) in [7, 11) is 0. The number of nitrogens with one attached hydrogen (secondary N) is 1. The van der Waals surface area contributed by atoms with E-state index in [-0.39, 0.29) is 5.91 Å². The summed E-state index contributed by atoms with van der Waals surface area (Å²) in [5.74, 6) is 0.578. The normalized spacial score (nSPS) is 11.8. The van der Waals surface area contributed by atoms with Crippen molar-refractivity contribution < 1.29 is 9.53 Å². The Hall–Kier alpha value is -2.33. The number of hydrogen-bond acceptors (Lipinski definition) is 3. The van der Waals surface area contributed by atoms with Crippen LogP contribution in [0.3, 0.4) is 0 Å². The third-order valence-corrected chi connectivity index (χ3v) is 3.36. The quantitative estimate of drug-likeness (QED) is 0.891. The van der Waals surface area contributed by atoms with Gasteiger partial charge in [0.2, 0.25) is 5.91 Å². The molecular formula is C18H22N2O2. The Morgan fingerprint density at radius 1 is 1.23 bits per heavy atom. The van der Waals surface area contributed by atoms with Gasteiger partial charge in [-0.05, 0) is 50.1 Å². The fourth-order valence-electron chi connectivity index (χ4n) is 2.08. The molecule has 4 heteroatoms. The van der Waals surface area contributed by atoms with E-state index in [0.717, 1.165) is 22.6 Å². The van der Waals surface area contributed by atoms with E-state index in [9.17, 15) is 4.79 Å². The number of rotatable bonds is 5. The maximum absolute atomic E-state index is 11.6. The monoisotopic (exact) mass is 298 g/mol. The second kappa shape index (κ2) is 7.09. The van der Waals surface area contributed by atoms with Crippen molar-refractivity contribution in [2.24, 2.45) is 5.73 Å². The fourth-order valence-corrected chi connectivity index (χ4v) is 2.08. The number of nitrogens with two attached hydrogens (primary N) is 1. The van der Waals surface area contributed by atoms with Crippen molar-refractivity contribution in [1.29, 1.82) is 0 Å². The van der Waals surface area contributed by atoms with Gasteiger partial charge in [-0.25, -0.2) is 0 Å². The number of amides is 1. The third-order valence-electron chi connectivity index (χ3n) is 3.36. The lowest BCUT2D eigenvalue weighted by Crippen LogP contribution is -2.32. The molecule has 116 valence electrons. The molecule has 0 spiro atoms. The molecule has 0 radical (unpaired) electrons. The van der Waals surface area contributed by atoms with E-state index in [2.05, 4.69) is 24.4 Å². The molecule has 0 unspecified atom stereocenters. The van der Waals surface area contributed by atoms with Gasteiger partial charge in [0, 0.05) is 5.69 Å². The van der Waals surface area contributed by atoms with E-state index in [1.54, 1.807) is 6.92 Å². The Morgan fingerprint density at radius 3 is 2.64 bits per heavy atom. The van der Waals surface area contributed by atoms with Gasteiger partial charge >= 0.3 is 0 Å². The molecule has 3 N–H and O–H groups in total. The number of aryl methyl sites for hydroxylation is 2. The summed E-state index contributed by atoms with van der Waals surface area (Å²) in [6.07, 6.45) is 0. The lowest BCUT2D eigenvalue weighted by Gasteiger charge is -2.13. The molecule has 2 rings (SSSR count). The third kappa shape index (κ3) is 4.33. The van der Waals surface area contributed by atoms with Crippen LogP contribution in [0.1, 0.15) is 23.6 Å². The molecule has 4 nitrogen and oxygen atoms in total. The molecule has 22 heavy (non-hydrogen) atoms. The average Bonchev–Trinajstić information content (AvgIpc) is 2.47. The Labute approximate surface area is 131 Å². The van der Waals surface area contributed by atoms with Crippen molar-refractivity contribution in [3.63, 3.8) is 0 Å². The second-order valence-corrected chi connectivity index (χ2v) is 5.53. The summed E-state index contributed by atoms with van der Waals surface area (Å²) in [6, 6.07) is 13.3. The van der Waals surface area contributed by atoms with E-state index in [1.807, 2.05) is 37.3 Å². The van der Waals surface area contributed by atoms with Crippen LogP contribution in [-0.2, 0) is 11.4 Å². The van der Waals surface area contributed by atoms with Gasteiger partial charge in [0.25, 0.3) is 0 Å². The van der Waals surface area contributed by atoms with Gasteiger partial charge in [-0.2, -0.15) is 0 Å². The van der Waals surface area contributed by atoms with E-state index >= 15 is 0 Å². The van der Waals surface area contributed by atoms with Gasteiger partial charge in [-0.15, -0.1) is 0 Å². The zero-order chi connectivity index (χ0) is 16.1. The summed E-state index contributed by atoms with van der Waals surface area (Å²) in [5.41, 5.74) is 9.59. The van der Waals surface area contributed by atoms with Crippen molar-refractivity contribution in [2.75, 3.05) is 5.32 Å². The lowest BCUT2D eigenvalue weighted by molar-refractivity contribution is -0.117. The molecule has 0 aromatic heterocycles. The van der Waals surface area contributed by atoms with Gasteiger partial charge in [0.05, 0.1) is 6.04 Å². The molecule has 0 aliphatic carbocycles. The number of anilines is 1. The number of ether oxygens (including phenoxy) is 1. The van der Waals surface area contributed by atoms with Crippen LogP contribution in [0, 0.1) is 13.8 Å². The highest BCUT2D eigenvalue weighted by molar-refractivity contribution is 5.95. The van der Waals surface area contributed by atoms with Gasteiger partial charge < -0.3 is 15.8 Å². The molecule has 2 aromatic carbocycles. The topological polar surface area (TPSA) is 64.3 Å². The van der Waals surface area contributed by atoms with Crippen LogP contribution in [0.5, 0.6) is 5.75 Å². The summed E-state index contributed by atoms with van der Waals surface area (Å²) < 4.78 is 5.80. The molecule has 0 bridgehead atoms. The van der Waals surface area contributed by atoms with E-state index in [4.69, 9.17) is 10.5 Å². The van der Waals surface area contributed by atoms with E-state index in [0.29, 0.717) is 6.61 Å². The highest BCUT2D eigenvalue weighted by Crippen LogP contribution is 2.22. The zero-order valence-electron chi connectivity index (χ0n) is 13.2. The highest BCUT2D eigenvalue weighted by atomic mass is 16.5. The lowest BCUT2D eigenvalue weighted by atomic mass is 10.1. The van der Waals surface area contributed by atoms with Crippen LogP contribution >= 0.6 is 0 Å². The molecule has 0 saturated carbocycles. The van der Waals surface area contributed by atoms with Crippen molar-refractivity contribution in [3.05, 3.63) is 59.2 Å². The standard InChI is InChI=1S/C18H22N2O2/c1-12-5-4-6-15(9-12)11-22-16-7-8-17(13(2)10-16)20-18(21)14(3)19/h4-10,14H,11,19H2,1-3H3,(H,20,21)/t14-/m1/s1. The average molecular weight is 298 g/mol. The first-order chi connectivity index (χ1) is 10.5. The number of carbonyl (C=O) groups is 1. The van der Waals surface area contributed by atoms with Gasteiger partial charge in [0.15, 0.2) is 0 Å². The second-order valence-electron chi connectivity index (χ2n) is 5.53. The Morgan fingerprint density at radius 2 is 2.00 bits per heavy atom. The largest absolute Gasteiger partial charge is 0.489 e. The molecule has 0 fully saturated rings. The van der Waals surface area contributed by atoms with Crippen LogP contribution in [0.2, 0.25) is 0 Å². The highest BCUT2D eigenvalue weighted by Gasteiger charge is 2.09. The van der Waals surface area contributed by atoms with Crippen LogP contribution in [-0.4, -0.2) is 11.9 Å². The molecular weight excluding hydrogens is 276 g/mol. The van der Waals surface area contributed by atoms with E-state index < -0.39 is 6.04 Å². The van der Waals surface area contributed by atoms with E-state index in [1.165, 1.54) is 5.56 Å². The first-order valence-electron chi connectivity index (χ1n) is 7.31. The molecule has 2 aromatic rings.